The Labute approximate surface area is 113 Å². The fraction of sp³-hybridized carbons (Fsp3) is 0.615. The fourth-order valence-electron chi connectivity index (χ4n) is 1.54. The lowest BCUT2D eigenvalue weighted by Gasteiger charge is -2.05. The number of carbonyl (C=O) groups excluding carboxylic acids is 1. The van der Waals surface area contributed by atoms with Gasteiger partial charge in [-0.2, -0.15) is 0 Å². The molecule has 0 saturated heterocycles. The number of aryl methyl sites for hydroxylation is 2. The smallest absolute Gasteiger partial charge is 0.233 e. The van der Waals surface area contributed by atoms with E-state index >= 15 is 0 Å². The van der Waals surface area contributed by atoms with Crippen LogP contribution in [0.1, 0.15) is 21.7 Å². The van der Waals surface area contributed by atoms with Gasteiger partial charge < -0.3 is 15.4 Å². The van der Waals surface area contributed by atoms with Crippen molar-refractivity contribution in [3.05, 3.63) is 21.4 Å². The maximum absolute atomic E-state index is 11.5. The number of thiophene rings is 1. The van der Waals surface area contributed by atoms with Crippen molar-refractivity contribution in [1.29, 1.82) is 0 Å². The first-order chi connectivity index (χ1) is 8.63. The van der Waals surface area contributed by atoms with Gasteiger partial charge in [-0.25, -0.2) is 0 Å². The second-order valence-corrected chi connectivity index (χ2v) is 5.59. The summed E-state index contributed by atoms with van der Waals surface area (Å²) >= 11 is 1.78. The molecule has 0 aliphatic heterocycles. The topological polar surface area (TPSA) is 50.4 Å². The zero-order valence-electron chi connectivity index (χ0n) is 11.3. The third-order valence-corrected chi connectivity index (χ3v) is 3.80. The van der Waals surface area contributed by atoms with Gasteiger partial charge in [0.1, 0.15) is 0 Å². The predicted octanol–water partition coefficient (Wildman–Crippen LogP) is 1.61. The Morgan fingerprint density at radius 3 is 2.83 bits per heavy atom. The Balaban J connectivity index is 2.11. The summed E-state index contributed by atoms with van der Waals surface area (Å²) in [5, 5.41) is 5.99. The van der Waals surface area contributed by atoms with Gasteiger partial charge in [0.2, 0.25) is 5.91 Å². The highest BCUT2D eigenvalue weighted by molar-refractivity contribution is 7.12. The number of methoxy groups -OCH3 is 1. The van der Waals surface area contributed by atoms with Crippen LogP contribution < -0.4 is 10.6 Å². The second-order valence-electron chi connectivity index (χ2n) is 4.25. The van der Waals surface area contributed by atoms with Crippen molar-refractivity contribution in [2.45, 2.75) is 26.8 Å². The van der Waals surface area contributed by atoms with E-state index in [4.69, 9.17) is 4.74 Å². The van der Waals surface area contributed by atoms with Gasteiger partial charge >= 0.3 is 0 Å². The zero-order chi connectivity index (χ0) is 13.4. The lowest BCUT2D eigenvalue weighted by atomic mass is 10.3. The minimum absolute atomic E-state index is 0.0381. The average Bonchev–Trinajstić information content (AvgIpc) is 2.64. The number of nitrogens with one attached hydrogen (secondary N) is 2. The Morgan fingerprint density at radius 2 is 2.22 bits per heavy atom. The van der Waals surface area contributed by atoms with Gasteiger partial charge in [-0.3, -0.25) is 4.79 Å². The molecule has 0 unspecified atom stereocenters. The summed E-state index contributed by atoms with van der Waals surface area (Å²) in [5.74, 6) is 0.0381. The van der Waals surface area contributed by atoms with E-state index in [9.17, 15) is 4.79 Å². The molecule has 0 fully saturated rings. The highest BCUT2D eigenvalue weighted by atomic mass is 32.1. The van der Waals surface area contributed by atoms with E-state index in [0.29, 0.717) is 19.7 Å². The van der Waals surface area contributed by atoms with Crippen molar-refractivity contribution in [3.63, 3.8) is 0 Å². The van der Waals surface area contributed by atoms with E-state index in [-0.39, 0.29) is 5.91 Å². The lowest BCUT2D eigenvalue weighted by Crippen LogP contribution is -2.34. The number of hydrogen-bond donors (Lipinski definition) is 2. The van der Waals surface area contributed by atoms with Crippen LogP contribution in [-0.2, 0) is 16.1 Å². The summed E-state index contributed by atoms with van der Waals surface area (Å²) in [7, 11) is 1.66. The van der Waals surface area contributed by atoms with E-state index in [1.807, 2.05) is 0 Å². The SMILES string of the molecule is COCCCNC(=O)CNCc1cc(C)c(C)s1. The molecule has 0 bridgehead atoms. The maximum Gasteiger partial charge on any atom is 0.233 e. The third kappa shape index (κ3) is 5.62. The summed E-state index contributed by atoms with van der Waals surface area (Å²) in [6.07, 6.45) is 0.853. The molecule has 1 heterocycles. The monoisotopic (exact) mass is 270 g/mol. The Morgan fingerprint density at radius 1 is 1.44 bits per heavy atom. The van der Waals surface area contributed by atoms with Crippen LogP contribution >= 0.6 is 11.3 Å². The molecule has 4 nitrogen and oxygen atoms in total. The molecule has 5 heteroatoms. The van der Waals surface area contributed by atoms with Crippen LogP contribution in [-0.4, -0.2) is 32.7 Å². The minimum Gasteiger partial charge on any atom is -0.385 e. The van der Waals surface area contributed by atoms with Crippen molar-refractivity contribution in [1.82, 2.24) is 10.6 Å². The summed E-state index contributed by atoms with van der Waals surface area (Å²) in [6, 6.07) is 2.17. The highest BCUT2D eigenvalue weighted by Gasteiger charge is 2.03. The van der Waals surface area contributed by atoms with Gasteiger partial charge in [0.15, 0.2) is 0 Å². The van der Waals surface area contributed by atoms with Gasteiger partial charge in [0.05, 0.1) is 6.54 Å². The van der Waals surface area contributed by atoms with Crippen molar-refractivity contribution < 1.29 is 9.53 Å². The summed E-state index contributed by atoms with van der Waals surface area (Å²) in [4.78, 5) is 14.1. The molecule has 1 aromatic rings. The first-order valence-corrected chi connectivity index (χ1v) is 6.97. The molecule has 0 aromatic carbocycles. The van der Waals surface area contributed by atoms with Crippen LogP contribution in [0, 0.1) is 13.8 Å². The molecular formula is C13H22N2O2S. The lowest BCUT2D eigenvalue weighted by molar-refractivity contribution is -0.120. The van der Waals surface area contributed by atoms with Crippen molar-refractivity contribution in [3.8, 4) is 0 Å². The average molecular weight is 270 g/mol. The molecule has 1 rings (SSSR count). The third-order valence-electron chi connectivity index (χ3n) is 2.65. The summed E-state index contributed by atoms with van der Waals surface area (Å²) < 4.78 is 4.91. The number of carbonyl (C=O) groups is 1. The Hall–Kier alpha value is -0.910. The predicted molar refractivity (Wildman–Crippen MR) is 75.0 cm³/mol. The van der Waals surface area contributed by atoms with Crippen molar-refractivity contribution >= 4 is 17.2 Å². The molecule has 18 heavy (non-hydrogen) atoms. The number of ether oxygens (including phenoxy) is 1. The van der Waals surface area contributed by atoms with Crippen LogP contribution in [0.3, 0.4) is 0 Å². The number of amides is 1. The largest absolute Gasteiger partial charge is 0.385 e. The molecule has 0 radical (unpaired) electrons. The Kier molecular flexibility index (Phi) is 6.93. The van der Waals surface area contributed by atoms with Gasteiger partial charge in [-0.05, 0) is 31.9 Å². The molecule has 0 saturated carbocycles. The van der Waals surface area contributed by atoms with E-state index < -0.39 is 0 Å². The van der Waals surface area contributed by atoms with Crippen LogP contribution in [0.15, 0.2) is 6.07 Å². The molecular weight excluding hydrogens is 248 g/mol. The molecule has 0 spiro atoms. The molecule has 1 amide bonds. The van der Waals surface area contributed by atoms with Crippen LogP contribution in [0.2, 0.25) is 0 Å². The standard InChI is InChI=1S/C13H22N2O2S/c1-10-7-12(18-11(10)2)8-14-9-13(16)15-5-4-6-17-3/h7,14H,4-6,8-9H2,1-3H3,(H,15,16). The highest BCUT2D eigenvalue weighted by Crippen LogP contribution is 2.19. The van der Waals surface area contributed by atoms with Crippen LogP contribution in [0.4, 0.5) is 0 Å². The Bertz CT molecular complexity index is 358. The van der Waals surface area contributed by atoms with Crippen molar-refractivity contribution in [2.75, 3.05) is 26.8 Å². The molecule has 0 aliphatic carbocycles. The molecule has 102 valence electrons. The van der Waals surface area contributed by atoms with E-state index in [2.05, 4.69) is 30.5 Å². The molecule has 1 aromatic heterocycles. The first kappa shape index (κ1) is 15.1. The first-order valence-electron chi connectivity index (χ1n) is 6.15. The normalized spacial score (nSPS) is 10.6. The van der Waals surface area contributed by atoms with E-state index in [0.717, 1.165) is 13.0 Å². The maximum atomic E-state index is 11.5. The van der Waals surface area contributed by atoms with Crippen LogP contribution in [0.5, 0.6) is 0 Å². The van der Waals surface area contributed by atoms with Crippen molar-refractivity contribution in [2.24, 2.45) is 0 Å². The summed E-state index contributed by atoms with van der Waals surface area (Å²) in [5.41, 5.74) is 1.32. The summed E-state index contributed by atoms with van der Waals surface area (Å²) in [6.45, 7) is 6.70. The van der Waals surface area contributed by atoms with E-state index in [1.54, 1.807) is 18.4 Å². The minimum atomic E-state index is 0.0381. The molecule has 0 aliphatic rings. The molecule has 0 atom stereocenters. The van der Waals surface area contributed by atoms with Gasteiger partial charge in [0.25, 0.3) is 0 Å². The van der Waals surface area contributed by atoms with Crippen LogP contribution in [0.25, 0.3) is 0 Å². The fourth-order valence-corrected chi connectivity index (χ4v) is 2.57. The van der Waals surface area contributed by atoms with Gasteiger partial charge in [-0.15, -0.1) is 11.3 Å². The van der Waals surface area contributed by atoms with Gasteiger partial charge in [-0.1, -0.05) is 0 Å². The quantitative estimate of drug-likeness (QED) is 0.706. The second kappa shape index (κ2) is 8.24. The number of rotatable bonds is 8. The van der Waals surface area contributed by atoms with E-state index in [1.165, 1.54) is 15.3 Å². The van der Waals surface area contributed by atoms with Gasteiger partial charge in [0, 0.05) is 36.6 Å². The number of hydrogen-bond acceptors (Lipinski definition) is 4. The zero-order valence-corrected chi connectivity index (χ0v) is 12.2. The molecule has 2 N–H and O–H groups in total.